The van der Waals surface area contributed by atoms with E-state index in [1.165, 1.54) is 0 Å². The van der Waals surface area contributed by atoms with Gasteiger partial charge in [-0.1, -0.05) is 41.7 Å². The first-order chi connectivity index (χ1) is 14.0. The highest BCUT2D eigenvalue weighted by atomic mass is 35.5. The van der Waals surface area contributed by atoms with Crippen molar-refractivity contribution >= 4 is 57.3 Å². The molecule has 148 valence electrons. The fraction of sp³-hybridized carbons (Fsp3) is 0.190. The molecule has 0 aliphatic carbocycles. The first kappa shape index (κ1) is 20.0. The summed E-state index contributed by atoms with van der Waals surface area (Å²) in [7, 11) is 0. The lowest BCUT2D eigenvalue weighted by Crippen LogP contribution is -2.01. The van der Waals surface area contributed by atoms with Crippen LogP contribution >= 0.6 is 34.8 Å². The predicted octanol–water partition coefficient (Wildman–Crippen LogP) is 6.92. The fourth-order valence-corrected chi connectivity index (χ4v) is 3.65. The first-order valence-corrected chi connectivity index (χ1v) is 10.3. The summed E-state index contributed by atoms with van der Waals surface area (Å²) < 4.78 is 2.11. The Bertz CT molecular complexity index is 1190. The number of pyridine rings is 2. The van der Waals surface area contributed by atoms with Crippen LogP contribution in [0.2, 0.25) is 15.1 Å². The van der Waals surface area contributed by atoms with E-state index >= 15 is 0 Å². The van der Waals surface area contributed by atoms with Crippen LogP contribution in [0, 0.1) is 6.92 Å². The molecule has 0 saturated carbocycles. The Morgan fingerprint density at radius 3 is 2.45 bits per heavy atom. The van der Waals surface area contributed by atoms with Gasteiger partial charge >= 0.3 is 0 Å². The molecule has 0 fully saturated rings. The number of nitrogens with one attached hydrogen (secondary N) is 1. The molecule has 0 atom stereocenters. The monoisotopic (exact) mass is 445 g/mol. The van der Waals surface area contributed by atoms with Gasteiger partial charge in [0.2, 0.25) is 0 Å². The molecule has 0 amide bonds. The number of aromatic nitrogens is 4. The Hall–Kier alpha value is -2.34. The van der Waals surface area contributed by atoms with E-state index in [2.05, 4.69) is 26.8 Å². The number of fused-ring (bicyclic) bond motifs is 1. The number of nitrogens with zero attached hydrogens (tertiary/aromatic N) is 4. The van der Waals surface area contributed by atoms with Crippen LogP contribution < -0.4 is 5.32 Å². The van der Waals surface area contributed by atoms with E-state index in [4.69, 9.17) is 39.8 Å². The highest BCUT2D eigenvalue weighted by Crippen LogP contribution is 2.33. The molecule has 1 aromatic carbocycles. The van der Waals surface area contributed by atoms with Crippen molar-refractivity contribution in [2.45, 2.75) is 26.8 Å². The summed E-state index contributed by atoms with van der Waals surface area (Å²) in [6.07, 6.45) is 4.45. The number of imidazole rings is 1. The van der Waals surface area contributed by atoms with Gasteiger partial charge in [0, 0.05) is 24.0 Å². The van der Waals surface area contributed by atoms with Crippen LogP contribution in [-0.4, -0.2) is 19.5 Å². The molecule has 29 heavy (non-hydrogen) atoms. The summed E-state index contributed by atoms with van der Waals surface area (Å²) in [5, 5.41) is 4.67. The second-order valence-electron chi connectivity index (χ2n) is 6.71. The van der Waals surface area contributed by atoms with E-state index in [1.54, 1.807) is 18.5 Å². The van der Waals surface area contributed by atoms with E-state index in [-0.39, 0.29) is 0 Å². The highest BCUT2D eigenvalue weighted by molar-refractivity contribution is 6.42. The summed E-state index contributed by atoms with van der Waals surface area (Å²) in [5.74, 6) is 1.34. The minimum absolute atomic E-state index is 0.481. The van der Waals surface area contributed by atoms with Gasteiger partial charge < -0.3 is 9.88 Å². The van der Waals surface area contributed by atoms with Crippen LogP contribution in [0.1, 0.15) is 19.0 Å². The molecule has 0 bridgehead atoms. The summed E-state index contributed by atoms with van der Waals surface area (Å²) in [6.45, 7) is 4.84. The third-order valence-corrected chi connectivity index (χ3v) is 5.52. The lowest BCUT2D eigenvalue weighted by Gasteiger charge is -2.11. The number of rotatable bonds is 5. The number of hydrogen-bond acceptors (Lipinski definition) is 4. The molecular formula is C21H18Cl3N5. The third-order valence-electron chi connectivity index (χ3n) is 4.51. The molecule has 3 heterocycles. The maximum Gasteiger partial charge on any atom is 0.149 e. The SMILES string of the molecule is CCCn1c(-c2cnc(Nc3ccc(C)nc3)c(Cl)c2)nc2cc(Cl)c(Cl)cc21. The van der Waals surface area contributed by atoms with E-state index in [1.807, 2.05) is 31.2 Å². The Balaban J connectivity index is 1.74. The molecular weight excluding hydrogens is 429 g/mol. The van der Waals surface area contributed by atoms with Gasteiger partial charge in [0.15, 0.2) is 0 Å². The Morgan fingerprint density at radius 2 is 1.76 bits per heavy atom. The van der Waals surface area contributed by atoms with Gasteiger partial charge in [-0.15, -0.1) is 0 Å². The van der Waals surface area contributed by atoms with Crippen LogP contribution in [0.5, 0.6) is 0 Å². The molecule has 0 saturated heterocycles. The molecule has 0 unspecified atom stereocenters. The topological polar surface area (TPSA) is 55.6 Å². The average Bonchev–Trinajstić information content (AvgIpc) is 3.03. The molecule has 0 aliphatic rings. The van der Waals surface area contributed by atoms with Crippen LogP contribution in [0.25, 0.3) is 22.4 Å². The predicted molar refractivity (Wildman–Crippen MR) is 121 cm³/mol. The summed E-state index contributed by atoms with van der Waals surface area (Å²) in [5.41, 5.74) is 4.30. The highest BCUT2D eigenvalue weighted by Gasteiger charge is 2.16. The molecule has 4 aromatic rings. The second kappa shape index (κ2) is 8.19. The summed E-state index contributed by atoms with van der Waals surface area (Å²) in [4.78, 5) is 13.5. The Labute approximate surface area is 183 Å². The summed E-state index contributed by atoms with van der Waals surface area (Å²) in [6, 6.07) is 9.34. The maximum absolute atomic E-state index is 6.51. The first-order valence-electron chi connectivity index (χ1n) is 9.17. The van der Waals surface area contributed by atoms with Crippen LogP contribution in [0.4, 0.5) is 11.5 Å². The Morgan fingerprint density at radius 1 is 0.966 bits per heavy atom. The largest absolute Gasteiger partial charge is 0.338 e. The van der Waals surface area contributed by atoms with Crippen molar-refractivity contribution in [1.29, 1.82) is 0 Å². The molecule has 1 N–H and O–H groups in total. The van der Waals surface area contributed by atoms with Gasteiger partial charge in [-0.3, -0.25) is 4.98 Å². The number of hydrogen-bond donors (Lipinski definition) is 1. The van der Waals surface area contributed by atoms with Gasteiger partial charge in [-0.25, -0.2) is 9.97 Å². The minimum atomic E-state index is 0.481. The normalized spacial score (nSPS) is 11.2. The van der Waals surface area contributed by atoms with Gasteiger partial charge in [-0.2, -0.15) is 0 Å². The lowest BCUT2D eigenvalue weighted by atomic mass is 10.2. The number of anilines is 2. The fourth-order valence-electron chi connectivity index (χ4n) is 3.12. The van der Waals surface area contributed by atoms with Gasteiger partial charge in [-0.05, 0) is 43.7 Å². The summed E-state index contributed by atoms with van der Waals surface area (Å²) >= 11 is 18.9. The van der Waals surface area contributed by atoms with E-state index < -0.39 is 0 Å². The van der Waals surface area contributed by atoms with Crippen LogP contribution in [0.3, 0.4) is 0 Å². The van der Waals surface area contributed by atoms with Gasteiger partial charge in [0.1, 0.15) is 11.6 Å². The van der Waals surface area contributed by atoms with Crippen LogP contribution in [-0.2, 0) is 6.54 Å². The second-order valence-corrected chi connectivity index (χ2v) is 7.93. The zero-order valence-corrected chi connectivity index (χ0v) is 18.1. The van der Waals surface area contributed by atoms with Crippen LogP contribution in [0.15, 0.2) is 42.7 Å². The third kappa shape index (κ3) is 4.04. The zero-order valence-electron chi connectivity index (χ0n) is 15.9. The molecule has 5 nitrogen and oxygen atoms in total. The molecule has 0 spiro atoms. The number of aryl methyl sites for hydroxylation is 2. The smallest absolute Gasteiger partial charge is 0.149 e. The van der Waals surface area contributed by atoms with Crippen molar-refractivity contribution in [1.82, 2.24) is 19.5 Å². The molecule has 8 heteroatoms. The maximum atomic E-state index is 6.51. The zero-order chi connectivity index (χ0) is 20.5. The van der Waals surface area contributed by atoms with E-state index in [0.29, 0.717) is 20.9 Å². The standard InChI is InChI=1S/C21H18Cl3N5/c1-3-6-29-19-9-16(23)15(22)8-18(19)28-21(29)13-7-17(24)20(26-10-13)27-14-5-4-12(2)25-11-14/h4-5,7-11H,3,6H2,1-2H3,(H,26,27). The van der Waals surface area contributed by atoms with Crippen molar-refractivity contribution in [3.05, 3.63) is 63.5 Å². The number of halogens is 3. The molecule has 0 aliphatic heterocycles. The van der Waals surface area contributed by atoms with Crippen molar-refractivity contribution in [2.75, 3.05) is 5.32 Å². The molecule has 0 radical (unpaired) electrons. The Kier molecular flexibility index (Phi) is 5.63. The van der Waals surface area contributed by atoms with Crippen molar-refractivity contribution in [2.24, 2.45) is 0 Å². The average molecular weight is 447 g/mol. The van der Waals surface area contributed by atoms with Crippen molar-refractivity contribution < 1.29 is 0 Å². The van der Waals surface area contributed by atoms with E-state index in [0.717, 1.165) is 46.8 Å². The lowest BCUT2D eigenvalue weighted by molar-refractivity contribution is 0.704. The van der Waals surface area contributed by atoms with Crippen molar-refractivity contribution in [3.8, 4) is 11.4 Å². The number of benzene rings is 1. The molecule has 3 aromatic heterocycles. The van der Waals surface area contributed by atoms with Gasteiger partial charge in [0.25, 0.3) is 0 Å². The van der Waals surface area contributed by atoms with Crippen molar-refractivity contribution in [3.63, 3.8) is 0 Å². The van der Waals surface area contributed by atoms with Gasteiger partial charge in [0.05, 0.1) is 38.0 Å². The molecule has 4 rings (SSSR count). The quantitative estimate of drug-likeness (QED) is 0.361. The minimum Gasteiger partial charge on any atom is -0.338 e. The van der Waals surface area contributed by atoms with E-state index in [9.17, 15) is 0 Å².